The van der Waals surface area contributed by atoms with Crippen molar-refractivity contribution in [2.24, 2.45) is 17.8 Å². The predicted octanol–water partition coefficient (Wildman–Crippen LogP) is 7.68. The van der Waals surface area contributed by atoms with Gasteiger partial charge in [-0.1, -0.05) is 25.7 Å². The molecule has 0 aromatic heterocycles. The molecule has 1 aromatic carbocycles. The normalized spacial score (nSPS) is 32.1. The molecule has 9 heteroatoms. The fourth-order valence-corrected chi connectivity index (χ4v) is 7.34. The van der Waals surface area contributed by atoms with Crippen molar-refractivity contribution >= 4 is 0 Å². The Morgan fingerprint density at radius 1 is 0.600 bits per heavy atom. The largest absolute Gasteiger partial charge is 0.490 e. The summed E-state index contributed by atoms with van der Waals surface area (Å²) in [5.74, 6) is -0.399. The maximum Gasteiger partial charge on any atom is 0.201 e. The van der Waals surface area contributed by atoms with Gasteiger partial charge in [-0.15, -0.1) is 0 Å². The van der Waals surface area contributed by atoms with Crippen LogP contribution in [0.2, 0.25) is 0 Å². The number of unbranched alkanes of at least 4 members (excludes halogenated alkanes) is 6. The molecule has 7 nitrogen and oxygen atoms in total. The highest BCUT2D eigenvalue weighted by molar-refractivity contribution is 5.32. The standard InChI is InChI=1S/C36H54F2O7/c37-34-28(12-15-31(35(34)38)41-18-8-4-3-7-17-40-22-26-11-14-30-33(20-26)45-30)36-42-23-27(24-43-36)9-5-1-2-6-16-39-21-25-10-13-29-32(19-25)44-29/h12,15,25-27,29-30,32-33,36H,1-11,13-14,16-24H2. The van der Waals surface area contributed by atoms with Crippen LogP contribution in [0.25, 0.3) is 0 Å². The molecule has 6 unspecified atom stereocenters. The Hall–Kier alpha value is -1.36. The van der Waals surface area contributed by atoms with E-state index in [-0.39, 0.29) is 17.2 Å². The van der Waals surface area contributed by atoms with E-state index in [0.717, 1.165) is 90.6 Å². The molecule has 5 fully saturated rings. The molecule has 2 saturated carbocycles. The first kappa shape index (κ1) is 33.5. The summed E-state index contributed by atoms with van der Waals surface area (Å²) >= 11 is 0. The minimum absolute atomic E-state index is 0.0620. The highest BCUT2D eigenvalue weighted by Crippen LogP contribution is 2.40. The molecule has 3 aliphatic heterocycles. The maximum atomic E-state index is 14.9. The number of rotatable bonds is 20. The molecule has 5 aliphatic rings. The molecular formula is C36H54F2O7. The Kier molecular flexibility index (Phi) is 12.8. The number of halogens is 2. The van der Waals surface area contributed by atoms with E-state index in [9.17, 15) is 8.78 Å². The van der Waals surface area contributed by atoms with Crippen molar-refractivity contribution < 1.29 is 41.9 Å². The number of benzene rings is 1. The van der Waals surface area contributed by atoms with Crippen molar-refractivity contribution in [1.29, 1.82) is 0 Å². The van der Waals surface area contributed by atoms with E-state index in [1.54, 1.807) is 0 Å². The van der Waals surface area contributed by atoms with Crippen LogP contribution in [0.15, 0.2) is 12.1 Å². The van der Waals surface area contributed by atoms with E-state index in [1.165, 1.54) is 44.2 Å². The zero-order valence-corrected chi connectivity index (χ0v) is 26.9. The van der Waals surface area contributed by atoms with E-state index >= 15 is 0 Å². The van der Waals surface area contributed by atoms with Crippen LogP contribution in [-0.4, -0.2) is 70.7 Å². The number of hydrogen-bond acceptors (Lipinski definition) is 7. The van der Waals surface area contributed by atoms with Crippen LogP contribution in [0.3, 0.4) is 0 Å². The lowest BCUT2D eigenvalue weighted by Gasteiger charge is -2.30. The second kappa shape index (κ2) is 17.2. The Labute approximate surface area is 267 Å². The molecule has 0 spiro atoms. The van der Waals surface area contributed by atoms with Crippen LogP contribution >= 0.6 is 0 Å². The van der Waals surface area contributed by atoms with Crippen molar-refractivity contribution in [3.63, 3.8) is 0 Å². The molecule has 3 heterocycles. The first-order valence-electron chi connectivity index (χ1n) is 17.9. The van der Waals surface area contributed by atoms with Gasteiger partial charge in [0.05, 0.1) is 44.2 Å². The summed E-state index contributed by atoms with van der Waals surface area (Å²) < 4.78 is 69.8. The highest BCUT2D eigenvalue weighted by atomic mass is 19.2. The lowest BCUT2D eigenvalue weighted by molar-refractivity contribution is -0.207. The Morgan fingerprint density at radius 3 is 1.78 bits per heavy atom. The minimum Gasteiger partial charge on any atom is -0.490 e. The van der Waals surface area contributed by atoms with Crippen LogP contribution < -0.4 is 4.74 Å². The quantitative estimate of drug-likeness (QED) is 0.107. The molecule has 3 saturated heterocycles. The summed E-state index contributed by atoms with van der Waals surface area (Å²) in [7, 11) is 0. The van der Waals surface area contributed by atoms with Crippen molar-refractivity contribution in [2.45, 2.75) is 127 Å². The van der Waals surface area contributed by atoms with Crippen LogP contribution in [-0.2, 0) is 28.4 Å². The van der Waals surface area contributed by atoms with Gasteiger partial charge in [0.15, 0.2) is 17.9 Å². The van der Waals surface area contributed by atoms with E-state index in [1.807, 2.05) is 0 Å². The Bertz CT molecular complexity index is 1030. The van der Waals surface area contributed by atoms with Crippen molar-refractivity contribution in [3.8, 4) is 5.75 Å². The van der Waals surface area contributed by atoms with Gasteiger partial charge in [0.1, 0.15) is 0 Å². The lowest BCUT2D eigenvalue weighted by atomic mass is 9.90. The topological polar surface area (TPSA) is 71.2 Å². The molecule has 45 heavy (non-hydrogen) atoms. The van der Waals surface area contributed by atoms with Crippen molar-refractivity contribution in [3.05, 3.63) is 29.3 Å². The molecule has 0 N–H and O–H groups in total. The summed E-state index contributed by atoms with van der Waals surface area (Å²) in [6, 6.07) is 3.00. The number of epoxide rings is 2. The van der Waals surface area contributed by atoms with E-state index in [2.05, 4.69) is 0 Å². The summed E-state index contributed by atoms with van der Waals surface area (Å²) in [6.07, 6.45) is 17.7. The first-order valence-corrected chi connectivity index (χ1v) is 17.9. The molecule has 0 bridgehead atoms. The zero-order valence-electron chi connectivity index (χ0n) is 26.9. The molecule has 2 aliphatic carbocycles. The van der Waals surface area contributed by atoms with Gasteiger partial charge < -0.3 is 33.2 Å². The van der Waals surface area contributed by atoms with Gasteiger partial charge in [-0.25, -0.2) is 4.39 Å². The van der Waals surface area contributed by atoms with Gasteiger partial charge in [-0.05, 0) is 94.6 Å². The lowest BCUT2D eigenvalue weighted by Crippen LogP contribution is -2.27. The third-order valence-electron chi connectivity index (χ3n) is 10.3. The number of hydrogen-bond donors (Lipinski definition) is 0. The van der Waals surface area contributed by atoms with E-state index in [4.69, 9.17) is 33.2 Å². The van der Waals surface area contributed by atoms with Crippen molar-refractivity contribution in [2.75, 3.05) is 46.2 Å². The summed E-state index contributed by atoms with van der Waals surface area (Å²) in [6.45, 7) is 4.64. The second-order valence-corrected chi connectivity index (χ2v) is 14.0. The average Bonchev–Trinajstić information content (AvgIpc) is 3.99. The molecule has 0 radical (unpaired) electrons. The zero-order chi connectivity index (χ0) is 30.8. The third kappa shape index (κ3) is 10.3. The van der Waals surface area contributed by atoms with Crippen LogP contribution in [0.4, 0.5) is 8.78 Å². The molecule has 6 rings (SSSR count). The molecule has 1 aromatic rings. The van der Waals surface area contributed by atoms with Crippen LogP contribution in [0.5, 0.6) is 5.75 Å². The summed E-state index contributed by atoms with van der Waals surface area (Å²) in [5.41, 5.74) is 0.0914. The number of fused-ring (bicyclic) bond motifs is 2. The third-order valence-corrected chi connectivity index (χ3v) is 10.3. The summed E-state index contributed by atoms with van der Waals surface area (Å²) in [5, 5.41) is 0. The van der Waals surface area contributed by atoms with Crippen LogP contribution in [0.1, 0.15) is 108 Å². The van der Waals surface area contributed by atoms with Crippen LogP contribution in [0, 0.1) is 29.4 Å². The molecule has 6 atom stereocenters. The minimum atomic E-state index is -0.978. The maximum absolute atomic E-state index is 14.9. The second-order valence-electron chi connectivity index (χ2n) is 14.0. The molecule has 254 valence electrons. The monoisotopic (exact) mass is 636 g/mol. The van der Waals surface area contributed by atoms with Crippen molar-refractivity contribution in [1.82, 2.24) is 0 Å². The Morgan fingerprint density at radius 2 is 1.18 bits per heavy atom. The smallest absolute Gasteiger partial charge is 0.201 e. The molecular weight excluding hydrogens is 582 g/mol. The van der Waals surface area contributed by atoms with Gasteiger partial charge in [0, 0.05) is 37.9 Å². The van der Waals surface area contributed by atoms with Gasteiger partial charge >= 0.3 is 0 Å². The van der Waals surface area contributed by atoms with E-state index in [0.29, 0.717) is 56.1 Å². The fraction of sp³-hybridized carbons (Fsp3) is 0.833. The van der Waals surface area contributed by atoms with Gasteiger partial charge in [-0.2, -0.15) is 4.39 Å². The highest BCUT2D eigenvalue weighted by Gasteiger charge is 2.44. The summed E-state index contributed by atoms with van der Waals surface area (Å²) in [4.78, 5) is 0. The average molecular weight is 637 g/mol. The molecule has 0 amide bonds. The fourth-order valence-electron chi connectivity index (χ4n) is 7.34. The van der Waals surface area contributed by atoms with Gasteiger partial charge in [-0.3, -0.25) is 0 Å². The van der Waals surface area contributed by atoms with E-state index < -0.39 is 17.9 Å². The number of ether oxygens (including phenoxy) is 7. The SMILES string of the molecule is Fc1c(OCCCCCCOCC2CCC3OC3C2)ccc(C2OCC(CCCCCCOCC3CCC4OC4C3)CO2)c1F. The Balaban J connectivity index is 0.763. The predicted molar refractivity (Wildman–Crippen MR) is 165 cm³/mol. The first-order chi connectivity index (χ1) is 22.1. The van der Waals surface area contributed by atoms with Gasteiger partial charge in [0.2, 0.25) is 5.82 Å². The van der Waals surface area contributed by atoms with Gasteiger partial charge in [0.25, 0.3) is 0 Å².